The molecule has 1 aromatic carbocycles. The SMILES string of the molecule is COC1CC2(CCN(c3cnc4cnn(CC(F)F)c4n3)CC2)CN1c1ccc(F)cc1F. The second-order valence-corrected chi connectivity index (χ2v) is 8.76. The van der Waals surface area contributed by atoms with Gasteiger partial charge in [0.15, 0.2) is 5.65 Å². The van der Waals surface area contributed by atoms with Crippen LogP contribution in [0, 0.1) is 17.0 Å². The summed E-state index contributed by atoms with van der Waals surface area (Å²) in [5.41, 5.74) is 1.08. The zero-order valence-electron chi connectivity index (χ0n) is 18.1. The Balaban J connectivity index is 1.32. The molecule has 1 spiro atoms. The van der Waals surface area contributed by atoms with E-state index in [0.29, 0.717) is 42.3 Å². The number of nitrogens with zero attached hydrogens (tertiary/aromatic N) is 6. The van der Waals surface area contributed by atoms with Gasteiger partial charge in [-0.3, -0.25) is 0 Å². The van der Waals surface area contributed by atoms with Crippen molar-refractivity contribution in [1.29, 1.82) is 0 Å². The second-order valence-electron chi connectivity index (χ2n) is 8.76. The average molecular weight is 464 g/mol. The Bertz CT molecular complexity index is 1150. The molecule has 4 heterocycles. The van der Waals surface area contributed by atoms with E-state index in [9.17, 15) is 17.6 Å². The Labute approximate surface area is 188 Å². The topological polar surface area (TPSA) is 59.3 Å². The summed E-state index contributed by atoms with van der Waals surface area (Å²) >= 11 is 0. The van der Waals surface area contributed by atoms with E-state index < -0.39 is 24.6 Å². The predicted molar refractivity (Wildman–Crippen MR) is 114 cm³/mol. The molecule has 0 bridgehead atoms. The van der Waals surface area contributed by atoms with Crippen molar-refractivity contribution < 1.29 is 22.3 Å². The summed E-state index contributed by atoms with van der Waals surface area (Å²) in [6.07, 6.45) is 2.63. The highest BCUT2D eigenvalue weighted by Crippen LogP contribution is 2.46. The van der Waals surface area contributed by atoms with Crippen LogP contribution in [0.1, 0.15) is 19.3 Å². The highest BCUT2D eigenvalue weighted by Gasteiger charge is 2.46. The van der Waals surface area contributed by atoms with Crippen molar-refractivity contribution >= 4 is 22.7 Å². The number of anilines is 2. The lowest BCUT2D eigenvalue weighted by molar-refractivity contribution is 0.0903. The minimum atomic E-state index is -2.53. The summed E-state index contributed by atoms with van der Waals surface area (Å²) < 4.78 is 60.3. The first-order valence-electron chi connectivity index (χ1n) is 10.8. The molecule has 2 aliphatic heterocycles. The van der Waals surface area contributed by atoms with E-state index in [1.54, 1.807) is 13.3 Å². The van der Waals surface area contributed by atoms with Gasteiger partial charge in [-0.25, -0.2) is 32.2 Å². The molecule has 0 aliphatic carbocycles. The maximum absolute atomic E-state index is 14.4. The fourth-order valence-corrected chi connectivity index (χ4v) is 5.00. The molecule has 0 saturated carbocycles. The Hall–Kier alpha value is -2.95. The minimum Gasteiger partial charge on any atom is -0.362 e. The lowest BCUT2D eigenvalue weighted by Crippen LogP contribution is -2.42. The fourth-order valence-electron chi connectivity index (χ4n) is 5.00. The van der Waals surface area contributed by atoms with Crippen molar-refractivity contribution in [3.8, 4) is 0 Å². The van der Waals surface area contributed by atoms with Crippen LogP contribution in [0.25, 0.3) is 11.2 Å². The van der Waals surface area contributed by atoms with Gasteiger partial charge in [-0.15, -0.1) is 0 Å². The van der Waals surface area contributed by atoms with E-state index in [4.69, 9.17) is 4.74 Å². The zero-order valence-corrected chi connectivity index (χ0v) is 18.1. The second kappa shape index (κ2) is 8.44. The molecule has 33 heavy (non-hydrogen) atoms. The van der Waals surface area contributed by atoms with Crippen LogP contribution in [0.15, 0.2) is 30.6 Å². The van der Waals surface area contributed by atoms with Gasteiger partial charge in [0.1, 0.15) is 35.7 Å². The molecule has 0 radical (unpaired) electrons. The zero-order chi connectivity index (χ0) is 23.2. The van der Waals surface area contributed by atoms with Gasteiger partial charge in [0.25, 0.3) is 6.43 Å². The van der Waals surface area contributed by atoms with E-state index in [1.165, 1.54) is 23.0 Å². The number of halogens is 4. The van der Waals surface area contributed by atoms with E-state index in [1.807, 2.05) is 4.90 Å². The van der Waals surface area contributed by atoms with E-state index in [0.717, 1.165) is 25.3 Å². The molecular weight excluding hydrogens is 440 g/mol. The first kappa shape index (κ1) is 21.9. The van der Waals surface area contributed by atoms with Crippen LogP contribution < -0.4 is 9.80 Å². The number of ether oxygens (including phenoxy) is 1. The van der Waals surface area contributed by atoms with Crippen molar-refractivity contribution in [2.24, 2.45) is 5.41 Å². The first-order chi connectivity index (χ1) is 15.9. The van der Waals surface area contributed by atoms with Crippen LogP contribution in [-0.4, -0.2) is 59.1 Å². The van der Waals surface area contributed by atoms with Gasteiger partial charge in [-0.1, -0.05) is 0 Å². The number of rotatable bonds is 5. The van der Waals surface area contributed by atoms with Crippen LogP contribution in [0.2, 0.25) is 0 Å². The van der Waals surface area contributed by atoms with Gasteiger partial charge < -0.3 is 14.5 Å². The average Bonchev–Trinajstić information content (AvgIpc) is 3.35. The molecule has 2 saturated heterocycles. The molecular formula is C22H24F4N6O. The Morgan fingerprint density at radius 2 is 1.97 bits per heavy atom. The highest BCUT2D eigenvalue weighted by molar-refractivity contribution is 5.71. The number of methoxy groups -OCH3 is 1. The molecule has 5 rings (SSSR count). The van der Waals surface area contributed by atoms with Gasteiger partial charge >= 0.3 is 0 Å². The van der Waals surface area contributed by atoms with Crippen LogP contribution in [0.5, 0.6) is 0 Å². The van der Waals surface area contributed by atoms with Crippen LogP contribution in [0.3, 0.4) is 0 Å². The van der Waals surface area contributed by atoms with Crippen molar-refractivity contribution in [3.63, 3.8) is 0 Å². The molecule has 0 N–H and O–H groups in total. The number of piperidine rings is 1. The highest BCUT2D eigenvalue weighted by atomic mass is 19.3. The Morgan fingerprint density at radius 1 is 1.18 bits per heavy atom. The van der Waals surface area contributed by atoms with Gasteiger partial charge in [0.2, 0.25) is 0 Å². The number of aromatic nitrogens is 4. The third-order valence-electron chi connectivity index (χ3n) is 6.74. The lowest BCUT2D eigenvalue weighted by Gasteiger charge is -2.39. The lowest BCUT2D eigenvalue weighted by atomic mass is 9.77. The summed E-state index contributed by atoms with van der Waals surface area (Å²) in [6, 6.07) is 3.60. The standard InChI is InChI=1S/C22H24F4N6O/c1-33-20-9-22(13-31(20)17-3-2-14(23)8-15(17)24)4-6-30(7-5-22)19-11-27-16-10-28-32(12-18(25)26)21(16)29-19/h2-3,8,10-11,18,20H,4-7,9,12-13H2,1H3. The molecule has 3 aromatic rings. The van der Waals surface area contributed by atoms with E-state index >= 15 is 0 Å². The fraction of sp³-hybridized carbons (Fsp3) is 0.500. The molecule has 2 fully saturated rings. The monoisotopic (exact) mass is 464 g/mol. The number of hydrogen-bond acceptors (Lipinski definition) is 6. The van der Waals surface area contributed by atoms with Gasteiger partial charge in [0, 0.05) is 32.8 Å². The smallest absolute Gasteiger partial charge is 0.258 e. The summed E-state index contributed by atoms with van der Waals surface area (Å²) in [6.45, 7) is 1.46. The van der Waals surface area contributed by atoms with Gasteiger partial charge in [-0.2, -0.15) is 5.10 Å². The minimum absolute atomic E-state index is 0.0764. The molecule has 2 aromatic heterocycles. The molecule has 7 nitrogen and oxygen atoms in total. The molecule has 176 valence electrons. The van der Waals surface area contributed by atoms with Crippen molar-refractivity contribution in [3.05, 3.63) is 42.2 Å². The summed E-state index contributed by atoms with van der Waals surface area (Å²) in [4.78, 5) is 12.8. The van der Waals surface area contributed by atoms with Crippen LogP contribution >= 0.6 is 0 Å². The number of benzene rings is 1. The third-order valence-corrected chi connectivity index (χ3v) is 6.74. The van der Waals surface area contributed by atoms with Crippen molar-refractivity contribution in [2.45, 2.75) is 38.5 Å². The maximum Gasteiger partial charge on any atom is 0.258 e. The normalized spacial score (nSPS) is 20.5. The van der Waals surface area contributed by atoms with Crippen LogP contribution in [0.4, 0.5) is 29.1 Å². The Kier molecular flexibility index (Phi) is 5.59. The predicted octanol–water partition coefficient (Wildman–Crippen LogP) is 3.84. The largest absolute Gasteiger partial charge is 0.362 e. The molecule has 0 amide bonds. The molecule has 1 atom stereocenters. The van der Waals surface area contributed by atoms with E-state index in [-0.39, 0.29) is 11.6 Å². The van der Waals surface area contributed by atoms with E-state index in [2.05, 4.69) is 20.0 Å². The third kappa shape index (κ3) is 4.09. The number of fused-ring (bicyclic) bond motifs is 1. The Morgan fingerprint density at radius 3 is 2.67 bits per heavy atom. The quantitative estimate of drug-likeness (QED) is 0.535. The van der Waals surface area contributed by atoms with Crippen LogP contribution in [-0.2, 0) is 11.3 Å². The molecule has 2 aliphatic rings. The summed E-state index contributed by atoms with van der Waals surface area (Å²) in [5.74, 6) is -0.591. The molecule has 1 unspecified atom stereocenters. The molecule has 11 heteroatoms. The number of hydrogen-bond donors (Lipinski definition) is 0. The van der Waals surface area contributed by atoms with Crippen molar-refractivity contribution in [2.75, 3.05) is 36.5 Å². The maximum atomic E-state index is 14.4. The van der Waals surface area contributed by atoms with Crippen molar-refractivity contribution in [1.82, 2.24) is 19.7 Å². The number of alkyl halides is 2. The van der Waals surface area contributed by atoms with Gasteiger partial charge in [0.05, 0.1) is 18.1 Å². The summed E-state index contributed by atoms with van der Waals surface area (Å²) in [5, 5.41) is 3.97. The first-order valence-corrected chi connectivity index (χ1v) is 10.8. The summed E-state index contributed by atoms with van der Waals surface area (Å²) in [7, 11) is 1.60. The van der Waals surface area contributed by atoms with Gasteiger partial charge in [-0.05, 0) is 36.8 Å².